The van der Waals surface area contributed by atoms with Gasteiger partial charge in [-0.3, -0.25) is 15.6 Å². The van der Waals surface area contributed by atoms with Crippen LogP contribution in [-0.2, 0) is 0 Å². The minimum absolute atomic E-state index is 0.169. The summed E-state index contributed by atoms with van der Waals surface area (Å²) in [6, 6.07) is 10.0. The number of nitrogens with one attached hydrogen (secondary N) is 3. The maximum absolute atomic E-state index is 12.9. The van der Waals surface area contributed by atoms with Gasteiger partial charge in [-0.15, -0.1) is 0 Å². The highest BCUT2D eigenvalue weighted by Crippen LogP contribution is 2.29. The molecule has 1 heterocycles. The van der Waals surface area contributed by atoms with Crippen LogP contribution in [0.15, 0.2) is 48.8 Å². The molecule has 0 fully saturated rings. The number of halogens is 3. The van der Waals surface area contributed by atoms with Crippen molar-refractivity contribution in [3.8, 4) is 0 Å². The topological polar surface area (TPSA) is 105 Å². The Morgan fingerprint density at radius 2 is 1.70 bits per heavy atom. The predicted molar refractivity (Wildman–Crippen MR) is 104 cm³/mol. The number of nitrogens with two attached hydrogens (primary N) is 1. The van der Waals surface area contributed by atoms with Gasteiger partial charge in [0.1, 0.15) is 17.8 Å². The summed E-state index contributed by atoms with van der Waals surface area (Å²) in [5, 5.41) is 3.79. The van der Waals surface area contributed by atoms with Crippen molar-refractivity contribution in [2.75, 3.05) is 16.5 Å². The van der Waals surface area contributed by atoms with Gasteiger partial charge in [0.15, 0.2) is 11.6 Å². The van der Waals surface area contributed by atoms with E-state index in [2.05, 4.69) is 26.1 Å². The second kappa shape index (κ2) is 8.07. The molecule has 0 bridgehead atoms. The van der Waals surface area contributed by atoms with Crippen molar-refractivity contribution in [2.24, 2.45) is 0 Å². The molecular formula is C17H13Cl2FN6O. The summed E-state index contributed by atoms with van der Waals surface area (Å²) in [7, 11) is 0. The van der Waals surface area contributed by atoms with Crippen molar-refractivity contribution < 1.29 is 9.18 Å². The Kier molecular flexibility index (Phi) is 5.58. The Labute approximate surface area is 163 Å². The summed E-state index contributed by atoms with van der Waals surface area (Å²) < 4.78 is 12.9. The Hall–Kier alpha value is -3.10. The zero-order chi connectivity index (χ0) is 19.4. The van der Waals surface area contributed by atoms with Crippen LogP contribution in [-0.4, -0.2) is 15.9 Å². The zero-order valence-electron chi connectivity index (χ0n) is 13.6. The van der Waals surface area contributed by atoms with Crippen LogP contribution < -0.4 is 21.9 Å². The predicted octanol–water partition coefficient (Wildman–Crippen LogP) is 4.01. The molecule has 0 unspecified atom stereocenters. The second-order valence-corrected chi connectivity index (χ2v) is 6.14. The number of anilines is 4. The molecule has 27 heavy (non-hydrogen) atoms. The lowest BCUT2D eigenvalue weighted by molar-refractivity contribution is 0.0962. The number of amides is 1. The van der Waals surface area contributed by atoms with Crippen LogP contribution >= 0.6 is 23.2 Å². The molecule has 5 N–H and O–H groups in total. The summed E-state index contributed by atoms with van der Waals surface area (Å²) >= 11 is 11.9. The lowest BCUT2D eigenvalue weighted by Crippen LogP contribution is -2.30. The molecule has 1 aromatic heterocycles. The summed E-state index contributed by atoms with van der Waals surface area (Å²) in [5.74, 6) is -0.422. The molecule has 138 valence electrons. The van der Waals surface area contributed by atoms with E-state index in [0.29, 0.717) is 21.6 Å². The number of nitrogens with zero attached hydrogens (tertiary/aromatic N) is 2. The molecule has 1 amide bonds. The maximum Gasteiger partial charge on any atom is 0.269 e. The first-order chi connectivity index (χ1) is 12.9. The van der Waals surface area contributed by atoms with Crippen molar-refractivity contribution in [2.45, 2.75) is 0 Å². The highest BCUT2D eigenvalue weighted by Gasteiger charge is 2.11. The molecule has 0 radical (unpaired) electrons. The molecule has 0 saturated heterocycles. The van der Waals surface area contributed by atoms with E-state index in [4.69, 9.17) is 28.9 Å². The van der Waals surface area contributed by atoms with Gasteiger partial charge in [-0.05, 0) is 42.5 Å². The minimum atomic E-state index is -0.480. The number of hydrazine groups is 1. The van der Waals surface area contributed by atoms with E-state index in [1.165, 1.54) is 30.6 Å². The first kappa shape index (κ1) is 18.7. The lowest BCUT2D eigenvalue weighted by Gasteiger charge is -2.13. The van der Waals surface area contributed by atoms with Crippen LogP contribution in [0.4, 0.5) is 27.4 Å². The molecule has 10 heteroatoms. The Morgan fingerprint density at radius 3 is 2.41 bits per heavy atom. The molecule has 0 atom stereocenters. The minimum Gasteiger partial charge on any atom is -0.393 e. The summed E-state index contributed by atoms with van der Waals surface area (Å²) in [4.78, 5) is 20.1. The van der Waals surface area contributed by atoms with Gasteiger partial charge in [-0.2, -0.15) is 0 Å². The number of benzene rings is 2. The van der Waals surface area contributed by atoms with E-state index >= 15 is 0 Å². The maximum atomic E-state index is 12.9. The van der Waals surface area contributed by atoms with Crippen molar-refractivity contribution in [1.82, 2.24) is 15.4 Å². The van der Waals surface area contributed by atoms with Gasteiger partial charge in [0, 0.05) is 11.3 Å². The van der Waals surface area contributed by atoms with Crippen molar-refractivity contribution in [1.29, 1.82) is 0 Å². The summed E-state index contributed by atoms with van der Waals surface area (Å²) in [5.41, 5.74) is 12.1. The smallest absolute Gasteiger partial charge is 0.269 e. The van der Waals surface area contributed by atoms with E-state index in [9.17, 15) is 9.18 Å². The monoisotopic (exact) mass is 406 g/mol. The van der Waals surface area contributed by atoms with E-state index in [1.807, 2.05) is 0 Å². The number of carbonyl (C=O) groups excluding carboxylic acids is 1. The average Bonchev–Trinajstić information content (AvgIpc) is 2.66. The molecular weight excluding hydrogens is 394 g/mol. The first-order valence-corrected chi connectivity index (χ1v) is 8.34. The van der Waals surface area contributed by atoms with Gasteiger partial charge in [0.05, 0.1) is 10.0 Å². The number of hydrogen-bond acceptors (Lipinski definition) is 6. The van der Waals surface area contributed by atoms with E-state index in [-0.39, 0.29) is 17.1 Å². The van der Waals surface area contributed by atoms with Crippen molar-refractivity contribution in [3.05, 3.63) is 70.2 Å². The van der Waals surface area contributed by atoms with Crippen molar-refractivity contribution >= 4 is 52.1 Å². The molecule has 0 saturated carbocycles. The van der Waals surface area contributed by atoms with E-state index in [0.717, 1.165) is 0 Å². The molecule has 0 aliphatic rings. The number of nitrogen functional groups attached to an aromatic ring is 1. The van der Waals surface area contributed by atoms with Crippen LogP contribution in [0, 0.1) is 5.82 Å². The average molecular weight is 407 g/mol. The standard InChI is InChI=1S/C17H13Cl2FN6O/c18-12-6-5-11(7-13(12)19)24-15-14(21)16(23-8-22-15)25-26-17(27)9-1-3-10(20)4-2-9/h1-8H,21H2,(H,26,27)(H2,22,23,24,25). The van der Waals surface area contributed by atoms with Crippen LogP contribution in [0.5, 0.6) is 0 Å². The van der Waals surface area contributed by atoms with Gasteiger partial charge in [0.2, 0.25) is 0 Å². The summed E-state index contributed by atoms with van der Waals surface area (Å²) in [6.45, 7) is 0. The van der Waals surface area contributed by atoms with Gasteiger partial charge < -0.3 is 11.1 Å². The SMILES string of the molecule is Nc1c(NNC(=O)c2ccc(F)cc2)ncnc1Nc1ccc(Cl)c(Cl)c1. The number of hydrogen-bond donors (Lipinski definition) is 4. The van der Waals surface area contributed by atoms with Crippen LogP contribution in [0.1, 0.15) is 10.4 Å². The molecule has 7 nitrogen and oxygen atoms in total. The molecule has 0 spiro atoms. The number of aromatic nitrogens is 2. The molecule has 3 aromatic rings. The highest BCUT2D eigenvalue weighted by molar-refractivity contribution is 6.42. The molecule has 0 aliphatic heterocycles. The highest BCUT2D eigenvalue weighted by atomic mass is 35.5. The third-order valence-electron chi connectivity index (χ3n) is 3.47. The Balaban J connectivity index is 1.71. The van der Waals surface area contributed by atoms with E-state index < -0.39 is 11.7 Å². The second-order valence-electron chi connectivity index (χ2n) is 5.32. The van der Waals surface area contributed by atoms with Gasteiger partial charge in [0.25, 0.3) is 5.91 Å². The third-order valence-corrected chi connectivity index (χ3v) is 4.21. The lowest BCUT2D eigenvalue weighted by atomic mass is 10.2. The normalized spacial score (nSPS) is 10.3. The largest absolute Gasteiger partial charge is 0.393 e. The quantitative estimate of drug-likeness (QED) is 0.477. The number of rotatable bonds is 5. The molecule has 0 aliphatic carbocycles. The van der Waals surface area contributed by atoms with Crippen LogP contribution in [0.2, 0.25) is 10.0 Å². The van der Waals surface area contributed by atoms with Crippen LogP contribution in [0.25, 0.3) is 0 Å². The fourth-order valence-corrected chi connectivity index (χ4v) is 2.39. The zero-order valence-corrected chi connectivity index (χ0v) is 15.1. The van der Waals surface area contributed by atoms with Gasteiger partial charge in [-0.25, -0.2) is 14.4 Å². The fourth-order valence-electron chi connectivity index (χ4n) is 2.09. The van der Waals surface area contributed by atoms with Gasteiger partial charge in [-0.1, -0.05) is 23.2 Å². The fraction of sp³-hybridized carbons (Fsp3) is 0. The summed E-state index contributed by atoms with van der Waals surface area (Å²) in [6.07, 6.45) is 1.27. The van der Waals surface area contributed by atoms with Crippen LogP contribution in [0.3, 0.4) is 0 Å². The molecule has 3 rings (SSSR count). The first-order valence-electron chi connectivity index (χ1n) is 7.58. The van der Waals surface area contributed by atoms with Crippen molar-refractivity contribution in [3.63, 3.8) is 0 Å². The van der Waals surface area contributed by atoms with Gasteiger partial charge >= 0.3 is 0 Å². The van der Waals surface area contributed by atoms with E-state index in [1.54, 1.807) is 18.2 Å². The molecule has 2 aromatic carbocycles. The Morgan fingerprint density at radius 1 is 1.00 bits per heavy atom. The number of carbonyl (C=O) groups is 1. The third kappa shape index (κ3) is 4.55. The Bertz CT molecular complexity index is 984.